The fraction of sp³-hybridized carbons (Fsp3) is 0.400. The van der Waals surface area contributed by atoms with E-state index in [4.69, 9.17) is 4.74 Å². The second-order valence-corrected chi connectivity index (χ2v) is 4.78. The molecule has 5 nitrogen and oxygen atoms in total. The van der Waals surface area contributed by atoms with Gasteiger partial charge >= 0.3 is 5.69 Å². The van der Waals surface area contributed by atoms with E-state index in [0.717, 1.165) is 17.7 Å². The summed E-state index contributed by atoms with van der Waals surface area (Å²) in [6.45, 7) is 2.98. The zero-order valence-electron chi connectivity index (χ0n) is 11.8. The molecule has 2 rings (SSSR count). The van der Waals surface area contributed by atoms with Crippen LogP contribution in [0.4, 0.5) is 0 Å². The maximum absolute atomic E-state index is 11.7. The number of imidazole rings is 1. The Bertz CT molecular complexity index is 598. The Balaban J connectivity index is 2.03. The van der Waals surface area contributed by atoms with E-state index in [1.807, 2.05) is 24.3 Å². The first kappa shape index (κ1) is 14.4. The van der Waals surface area contributed by atoms with Crippen molar-refractivity contribution in [1.82, 2.24) is 9.13 Å². The molecule has 5 heteroatoms. The number of hydrogen-bond acceptors (Lipinski definition) is 3. The molecule has 1 atom stereocenters. The second-order valence-electron chi connectivity index (χ2n) is 4.78. The van der Waals surface area contributed by atoms with Crippen LogP contribution in [-0.4, -0.2) is 20.8 Å². The minimum absolute atomic E-state index is 0.132. The van der Waals surface area contributed by atoms with Crippen LogP contribution in [0.1, 0.15) is 25.0 Å². The van der Waals surface area contributed by atoms with Gasteiger partial charge in [0.2, 0.25) is 0 Å². The summed E-state index contributed by atoms with van der Waals surface area (Å²) in [5.41, 5.74) is 0.636. The quantitative estimate of drug-likeness (QED) is 0.874. The van der Waals surface area contributed by atoms with E-state index in [-0.39, 0.29) is 12.2 Å². The standard InChI is InChI=1S/C15H20N2O3/c1-3-10-20-13-6-4-12(5-7-13)14(18)11-17-9-8-16(2)15(17)19/h4-9,14,18H,3,10-11H2,1-2H3. The molecule has 1 aromatic carbocycles. The second kappa shape index (κ2) is 6.43. The molecule has 0 saturated heterocycles. The van der Waals surface area contributed by atoms with Gasteiger partial charge in [0.25, 0.3) is 0 Å². The summed E-state index contributed by atoms with van der Waals surface area (Å²) in [5.74, 6) is 0.791. The highest BCUT2D eigenvalue weighted by molar-refractivity contribution is 5.28. The average Bonchev–Trinajstić information content (AvgIpc) is 2.77. The molecule has 108 valence electrons. The lowest BCUT2D eigenvalue weighted by molar-refractivity contribution is 0.155. The number of aryl methyl sites for hydroxylation is 1. The highest BCUT2D eigenvalue weighted by Gasteiger charge is 2.10. The molecule has 0 bridgehead atoms. The number of ether oxygens (including phenoxy) is 1. The molecule has 2 aromatic rings. The average molecular weight is 276 g/mol. The number of rotatable bonds is 6. The van der Waals surface area contributed by atoms with Crippen LogP contribution < -0.4 is 10.4 Å². The lowest BCUT2D eigenvalue weighted by atomic mass is 10.1. The highest BCUT2D eigenvalue weighted by Crippen LogP contribution is 2.19. The van der Waals surface area contributed by atoms with E-state index >= 15 is 0 Å². The van der Waals surface area contributed by atoms with Crippen molar-refractivity contribution in [3.05, 3.63) is 52.7 Å². The summed E-state index contributed by atoms with van der Waals surface area (Å²) < 4.78 is 8.46. The third-order valence-electron chi connectivity index (χ3n) is 3.13. The van der Waals surface area contributed by atoms with Crippen molar-refractivity contribution in [2.24, 2.45) is 7.05 Å². The summed E-state index contributed by atoms with van der Waals surface area (Å²) in [6.07, 6.45) is 3.60. The van der Waals surface area contributed by atoms with Crippen LogP contribution in [0.2, 0.25) is 0 Å². The monoisotopic (exact) mass is 276 g/mol. The summed E-state index contributed by atoms with van der Waals surface area (Å²) in [5, 5.41) is 10.2. The third-order valence-corrected chi connectivity index (χ3v) is 3.13. The summed E-state index contributed by atoms with van der Waals surface area (Å²) in [7, 11) is 1.69. The Morgan fingerprint density at radius 1 is 1.25 bits per heavy atom. The molecule has 0 fully saturated rings. The molecule has 0 aliphatic carbocycles. The van der Waals surface area contributed by atoms with Crippen LogP contribution in [-0.2, 0) is 13.6 Å². The number of nitrogens with zero attached hydrogens (tertiary/aromatic N) is 2. The summed E-state index contributed by atoms with van der Waals surface area (Å²) >= 11 is 0. The van der Waals surface area contributed by atoms with Gasteiger partial charge in [-0.25, -0.2) is 4.79 Å². The van der Waals surface area contributed by atoms with Crippen LogP contribution in [0.5, 0.6) is 5.75 Å². The van der Waals surface area contributed by atoms with Gasteiger partial charge in [0.1, 0.15) is 5.75 Å². The molecule has 1 N–H and O–H groups in total. The zero-order valence-corrected chi connectivity index (χ0v) is 11.8. The zero-order chi connectivity index (χ0) is 14.5. The first-order valence-electron chi connectivity index (χ1n) is 6.74. The van der Waals surface area contributed by atoms with Crippen molar-refractivity contribution < 1.29 is 9.84 Å². The molecule has 0 saturated carbocycles. The van der Waals surface area contributed by atoms with Gasteiger partial charge in [-0.3, -0.25) is 4.57 Å². The van der Waals surface area contributed by atoms with Gasteiger partial charge in [-0.2, -0.15) is 0 Å². The van der Waals surface area contributed by atoms with Crippen LogP contribution >= 0.6 is 0 Å². The molecular formula is C15H20N2O3. The highest BCUT2D eigenvalue weighted by atomic mass is 16.5. The van der Waals surface area contributed by atoms with E-state index in [0.29, 0.717) is 6.61 Å². The maximum atomic E-state index is 11.7. The Labute approximate surface area is 118 Å². The van der Waals surface area contributed by atoms with E-state index in [1.165, 1.54) is 9.13 Å². The molecule has 1 heterocycles. The number of benzene rings is 1. The number of aromatic nitrogens is 2. The van der Waals surface area contributed by atoms with Crippen LogP contribution in [0.3, 0.4) is 0 Å². The molecule has 20 heavy (non-hydrogen) atoms. The molecule has 0 aliphatic rings. The molecule has 1 unspecified atom stereocenters. The molecule has 0 radical (unpaired) electrons. The van der Waals surface area contributed by atoms with Crippen LogP contribution in [0.15, 0.2) is 41.5 Å². The summed E-state index contributed by atoms with van der Waals surface area (Å²) in [4.78, 5) is 11.7. The fourth-order valence-electron chi connectivity index (χ4n) is 1.95. The van der Waals surface area contributed by atoms with Gasteiger partial charge in [0.05, 0.1) is 19.3 Å². The maximum Gasteiger partial charge on any atom is 0.327 e. The minimum atomic E-state index is -0.713. The van der Waals surface area contributed by atoms with Crippen LogP contribution in [0.25, 0.3) is 0 Å². The number of hydrogen-bond donors (Lipinski definition) is 1. The van der Waals surface area contributed by atoms with Gasteiger partial charge in [0, 0.05) is 19.4 Å². The largest absolute Gasteiger partial charge is 0.494 e. The predicted molar refractivity (Wildman–Crippen MR) is 76.9 cm³/mol. The number of aliphatic hydroxyl groups excluding tert-OH is 1. The smallest absolute Gasteiger partial charge is 0.327 e. The molecule has 0 spiro atoms. The van der Waals surface area contributed by atoms with Crippen LogP contribution in [0, 0.1) is 0 Å². The fourth-order valence-corrected chi connectivity index (χ4v) is 1.95. The minimum Gasteiger partial charge on any atom is -0.494 e. The Morgan fingerprint density at radius 3 is 2.50 bits per heavy atom. The van der Waals surface area contributed by atoms with E-state index in [9.17, 15) is 9.90 Å². The van der Waals surface area contributed by atoms with Crippen molar-refractivity contribution in [3.63, 3.8) is 0 Å². The first-order valence-corrected chi connectivity index (χ1v) is 6.74. The van der Waals surface area contributed by atoms with E-state index in [1.54, 1.807) is 19.4 Å². The Morgan fingerprint density at radius 2 is 1.95 bits per heavy atom. The first-order chi connectivity index (χ1) is 9.61. The van der Waals surface area contributed by atoms with Crippen molar-refractivity contribution in [2.45, 2.75) is 26.0 Å². The van der Waals surface area contributed by atoms with Crippen molar-refractivity contribution in [1.29, 1.82) is 0 Å². The van der Waals surface area contributed by atoms with Crippen molar-refractivity contribution in [2.75, 3.05) is 6.61 Å². The predicted octanol–water partition coefficient (Wildman–Crippen LogP) is 1.71. The molecule has 0 amide bonds. The normalized spacial score (nSPS) is 12.3. The lowest BCUT2D eigenvalue weighted by Crippen LogP contribution is -2.24. The number of aliphatic hydroxyl groups is 1. The molecule has 1 aromatic heterocycles. The Hall–Kier alpha value is -2.01. The molecular weight excluding hydrogens is 256 g/mol. The summed E-state index contributed by atoms with van der Waals surface area (Å²) in [6, 6.07) is 7.32. The topological polar surface area (TPSA) is 56.4 Å². The van der Waals surface area contributed by atoms with Crippen molar-refractivity contribution in [3.8, 4) is 5.75 Å². The van der Waals surface area contributed by atoms with Crippen molar-refractivity contribution >= 4 is 0 Å². The van der Waals surface area contributed by atoms with E-state index in [2.05, 4.69) is 6.92 Å². The molecule has 0 aliphatic heterocycles. The van der Waals surface area contributed by atoms with E-state index < -0.39 is 6.10 Å². The third kappa shape index (κ3) is 3.30. The van der Waals surface area contributed by atoms with Gasteiger partial charge in [-0.1, -0.05) is 19.1 Å². The SMILES string of the molecule is CCCOc1ccc(C(O)Cn2ccn(C)c2=O)cc1. The van der Waals surface area contributed by atoms with Gasteiger partial charge < -0.3 is 14.4 Å². The lowest BCUT2D eigenvalue weighted by Gasteiger charge is -2.12. The van der Waals surface area contributed by atoms with Gasteiger partial charge in [0.15, 0.2) is 0 Å². The Kier molecular flexibility index (Phi) is 4.63. The van der Waals surface area contributed by atoms with Gasteiger partial charge in [-0.15, -0.1) is 0 Å². The van der Waals surface area contributed by atoms with Gasteiger partial charge in [-0.05, 0) is 24.1 Å².